The van der Waals surface area contributed by atoms with Crippen LogP contribution in [-0.2, 0) is 18.2 Å². The van der Waals surface area contributed by atoms with E-state index in [0.29, 0.717) is 11.8 Å². The van der Waals surface area contributed by atoms with Crippen LogP contribution in [-0.4, -0.2) is 11.3 Å². The zero-order chi connectivity index (χ0) is 34.4. The van der Waals surface area contributed by atoms with E-state index in [9.17, 15) is 0 Å². The third kappa shape index (κ3) is 15.1. The van der Waals surface area contributed by atoms with Crippen molar-refractivity contribution in [3.05, 3.63) is 126 Å². The van der Waals surface area contributed by atoms with Crippen molar-refractivity contribution in [2.24, 2.45) is 0 Å². The van der Waals surface area contributed by atoms with Crippen molar-refractivity contribution in [3.8, 4) is 11.1 Å². The molecule has 261 valence electrons. The van der Waals surface area contributed by atoms with Gasteiger partial charge in [0.25, 0.3) is 0 Å². The minimum absolute atomic E-state index is 0. The Morgan fingerprint density at radius 1 is 0.792 bits per heavy atom. The van der Waals surface area contributed by atoms with E-state index in [1.165, 1.54) is 86.5 Å². The topological polar surface area (TPSA) is 0 Å². The first-order valence-corrected chi connectivity index (χ1v) is 21.7. The van der Waals surface area contributed by atoms with Crippen molar-refractivity contribution in [2.45, 2.75) is 129 Å². The molecule has 2 fully saturated rings. The zero-order valence-electron chi connectivity index (χ0n) is 30.5. The van der Waals surface area contributed by atoms with E-state index in [2.05, 4.69) is 123 Å². The standard InChI is InChI=1S/C30H44P.C12H9.C2H6.ClH.Pd.Pr/c1-6-7-10-19-30(28-21-20-25(23(2)3)22-29(28)24(4)5)31(26-15-11-8-12-16-26)27-17-13-9-14-18-27;1-3-7-11(8-4-1)12-9-5-2-6-10-12;1-2;;;/h6-7,10,19-20,22-24,26-27H,1,8-9,11-18H2,2-5H3;1-9H;1-2H3;1H;;/q2*-1;;;+2;/b10-7-,30-19-;;;;;. The summed E-state index contributed by atoms with van der Waals surface area (Å²) < 4.78 is 0. The SMILES string of the molecule is C=C/C=C\C=C(\c1[c-]cc(C(C)C)cc1C(C)C)[PH+](C1CCCCC1)C1CCCCC1.CC.[Cl][Pd+].[Pr].[c-]1ccccc1-c1ccccc1. The van der Waals surface area contributed by atoms with Crippen LogP contribution >= 0.6 is 17.5 Å². The van der Waals surface area contributed by atoms with E-state index in [-0.39, 0.29) is 41.3 Å². The van der Waals surface area contributed by atoms with Gasteiger partial charge in [-0.1, -0.05) is 133 Å². The van der Waals surface area contributed by atoms with Crippen LogP contribution in [0.5, 0.6) is 0 Å². The van der Waals surface area contributed by atoms with Crippen LogP contribution in [0.3, 0.4) is 0 Å². The van der Waals surface area contributed by atoms with E-state index < -0.39 is 7.92 Å². The van der Waals surface area contributed by atoms with Crippen molar-refractivity contribution in [2.75, 3.05) is 0 Å². The molecule has 0 spiro atoms. The molecule has 0 unspecified atom stereocenters. The summed E-state index contributed by atoms with van der Waals surface area (Å²) in [6.45, 7) is 17.2. The van der Waals surface area contributed by atoms with E-state index in [1.807, 2.05) is 56.3 Å². The van der Waals surface area contributed by atoms with E-state index in [0.717, 1.165) is 16.9 Å². The molecule has 0 saturated heterocycles. The Kier molecular flexibility index (Phi) is 26.0. The molecular weight excluding hydrogens is 842 g/mol. The maximum atomic E-state index is 4.49. The second-order valence-corrected chi connectivity index (χ2v) is 16.1. The molecular formula is C44H60ClPPdPr. The van der Waals surface area contributed by atoms with Gasteiger partial charge in [0.2, 0.25) is 0 Å². The molecule has 3 aromatic rings. The second-order valence-electron chi connectivity index (χ2n) is 13.0. The Morgan fingerprint density at radius 3 is 1.83 bits per heavy atom. The maximum Gasteiger partial charge on any atom is 0 e. The van der Waals surface area contributed by atoms with Crippen molar-refractivity contribution < 1.29 is 59.5 Å². The predicted molar refractivity (Wildman–Crippen MR) is 211 cm³/mol. The van der Waals surface area contributed by atoms with Crippen molar-refractivity contribution >= 4 is 22.8 Å². The first-order valence-electron chi connectivity index (χ1n) is 18.1. The van der Waals surface area contributed by atoms with Gasteiger partial charge < -0.3 is 0 Å². The van der Waals surface area contributed by atoms with Gasteiger partial charge in [0.05, 0.1) is 11.3 Å². The minimum atomic E-state index is -0.660. The molecule has 4 heteroatoms. The molecule has 0 N–H and O–H groups in total. The fraction of sp³-hybridized carbons (Fsp3) is 0.455. The number of benzene rings is 3. The zero-order valence-corrected chi connectivity index (χ0v) is 37.5. The smallest absolute Gasteiger partial charge is 0 e. The van der Waals surface area contributed by atoms with E-state index in [4.69, 9.17) is 0 Å². The summed E-state index contributed by atoms with van der Waals surface area (Å²) in [5.74, 6) is 1.08. The fourth-order valence-electron chi connectivity index (χ4n) is 6.90. The molecule has 0 heterocycles. The molecule has 0 aliphatic heterocycles. The molecule has 0 nitrogen and oxygen atoms in total. The molecule has 0 bridgehead atoms. The first kappa shape index (κ1) is 45.6. The molecule has 3 aromatic carbocycles. The Hall–Kier alpha value is -0.374. The summed E-state index contributed by atoms with van der Waals surface area (Å²) in [5.41, 5.74) is 8.62. The Bertz CT molecular complexity index is 1250. The molecule has 0 aromatic heterocycles. The minimum Gasteiger partial charge on any atom is -0.147 e. The van der Waals surface area contributed by atoms with Crippen LogP contribution in [0.15, 0.2) is 97.6 Å². The monoisotopic (exact) mass is 901 g/mol. The average Bonchev–Trinajstić information content (AvgIpc) is 3.14. The van der Waals surface area contributed by atoms with Crippen LogP contribution in [0.4, 0.5) is 0 Å². The number of hydrogen-bond acceptors (Lipinski definition) is 0. The first-order chi connectivity index (χ1) is 23.0. The van der Waals surface area contributed by atoms with Crippen LogP contribution in [0.2, 0.25) is 0 Å². The molecule has 0 amide bonds. The van der Waals surface area contributed by atoms with Crippen molar-refractivity contribution in [1.29, 1.82) is 0 Å². The van der Waals surface area contributed by atoms with Crippen LogP contribution in [0.25, 0.3) is 16.4 Å². The Balaban J connectivity index is 0.000000563. The molecule has 2 aliphatic rings. The van der Waals surface area contributed by atoms with E-state index in [1.54, 1.807) is 5.31 Å². The third-order valence-electron chi connectivity index (χ3n) is 9.26. The van der Waals surface area contributed by atoms with Gasteiger partial charge in [-0.3, -0.25) is 0 Å². The van der Waals surface area contributed by atoms with Gasteiger partial charge in [-0.25, -0.2) is 0 Å². The predicted octanol–water partition coefficient (Wildman–Crippen LogP) is 14.6. The molecule has 1 radical (unpaired) electrons. The largest absolute Gasteiger partial charge is 0.147 e. The number of hydrogen-bond donors (Lipinski definition) is 0. The van der Waals surface area contributed by atoms with Gasteiger partial charge in [-0.2, -0.15) is 0 Å². The summed E-state index contributed by atoms with van der Waals surface area (Å²) in [5, 5.41) is 1.67. The summed E-state index contributed by atoms with van der Waals surface area (Å²) in [6.07, 6.45) is 23.2. The van der Waals surface area contributed by atoms with Gasteiger partial charge in [-0.15, -0.1) is 70.8 Å². The second kappa shape index (κ2) is 27.3. The normalized spacial score (nSPS) is 15.5. The van der Waals surface area contributed by atoms with Gasteiger partial charge in [0.1, 0.15) is 0 Å². The van der Waals surface area contributed by atoms with Gasteiger partial charge in [-0.05, 0) is 51.4 Å². The van der Waals surface area contributed by atoms with Gasteiger partial charge in [0, 0.05) is 54.5 Å². The molecule has 5 rings (SSSR count). The quantitative estimate of drug-likeness (QED) is 0.0869. The molecule has 2 saturated carbocycles. The van der Waals surface area contributed by atoms with Crippen LogP contribution in [0, 0.1) is 53.4 Å². The average molecular weight is 903 g/mol. The Labute approximate surface area is 345 Å². The number of allylic oxidation sites excluding steroid dienone is 4. The summed E-state index contributed by atoms with van der Waals surface area (Å²) >= 11 is 2.22. The fourth-order valence-corrected chi connectivity index (χ4v) is 11.3. The van der Waals surface area contributed by atoms with Gasteiger partial charge >= 0.3 is 27.7 Å². The van der Waals surface area contributed by atoms with E-state index >= 15 is 0 Å². The van der Waals surface area contributed by atoms with Crippen molar-refractivity contribution in [3.63, 3.8) is 0 Å². The third-order valence-corrected chi connectivity index (χ3v) is 13.2. The van der Waals surface area contributed by atoms with Crippen LogP contribution in [0.1, 0.15) is 134 Å². The Morgan fingerprint density at radius 2 is 1.35 bits per heavy atom. The number of rotatable bonds is 9. The molecule has 0 atom stereocenters. The molecule has 2 aliphatic carbocycles. The molecule has 48 heavy (non-hydrogen) atoms. The van der Waals surface area contributed by atoms with Gasteiger partial charge in [0.15, 0.2) is 0 Å². The maximum absolute atomic E-state index is 4.49. The number of halogens is 1. The summed E-state index contributed by atoms with van der Waals surface area (Å²) in [7, 11) is 3.83. The summed E-state index contributed by atoms with van der Waals surface area (Å²) in [4.78, 5) is 0. The van der Waals surface area contributed by atoms with Crippen LogP contribution < -0.4 is 0 Å². The van der Waals surface area contributed by atoms with Crippen molar-refractivity contribution in [1.82, 2.24) is 0 Å². The summed E-state index contributed by atoms with van der Waals surface area (Å²) in [6, 6.07) is 30.1.